The Morgan fingerprint density at radius 1 is 0.417 bits per heavy atom. The van der Waals surface area contributed by atoms with Crippen LogP contribution in [0.15, 0.2) is 0 Å². The molecule has 0 heterocycles. The van der Waals surface area contributed by atoms with Crippen molar-refractivity contribution in [1.29, 1.82) is 0 Å². The predicted molar refractivity (Wildman–Crippen MR) is 223 cm³/mol. The zero-order valence-corrected chi connectivity index (χ0v) is 36.1. The molecule has 60 heavy (non-hydrogen) atoms. The maximum absolute atomic E-state index is 12.3. The van der Waals surface area contributed by atoms with Gasteiger partial charge in [0.2, 0.25) is 23.6 Å². The Balaban J connectivity index is 3.65. The average molecular weight is 861 g/mol. The van der Waals surface area contributed by atoms with Gasteiger partial charge >= 0.3 is 17.9 Å². The molecular weight excluding hydrogens is 784 g/mol. The Hall–Kier alpha value is -3.87. The van der Waals surface area contributed by atoms with Crippen molar-refractivity contribution >= 4 is 41.5 Å². The van der Waals surface area contributed by atoms with E-state index in [9.17, 15) is 38.7 Å². The molecule has 348 valence electrons. The number of carboxylic acids is 3. The molecule has 0 aliphatic heterocycles. The van der Waals surface area contributed by atoms with Crippen LogP contribution in [0.3, 0.4) is 0 Å². The molecule has 0 saturated heterocycles. The molecule has 0 rings (SSSR count). The summed E-state index contributed by atoms with van der Waals surface area (Å²) < 4.78 is 21.3. The summed E-state index contributed by atoms with van der Waals surface area (Å²) in [6.07, 6.45) is 17.4. The number of carbonyl (C=O) groups is 7. The van der Waals surface area contributed by atoms with Crippen LogP contribution in [0, 0.1) is 5.92 Å². The third kappa shape index (κ3) is 39.6. The lowest BCUT2D eigenvalue weighted by molar-refractivity contribution is -0.142. The summed E-state index contributed by atoms with van der Waals surface area (Å²) in [5.41, 5.74) is 0. The molecule has 0 aliphatic rings. The smallest absolute Gasteiger partial charge is 0.326 e. The number of unbranched alkanes of at least 4 members (excludes halogenated alkanes) is 14. The summed E-state index contributed by atoms with van der Waals surface area (Å²) in [5.74, 6) is -4.39. The van der Waals surface area contributed by atoms with Gasteiger partial charge in [0.1, 0.15) is 19.3 Å². The summed E-state index contributed by atoms with van der Waals surface area (Å²) in [6.45, 7) is 3.59. The first-order valence-electron chi connectivity index (χ1n) is 22.0. The molecule has 0 aromatic heterocycles. The van der Waals surface area contributed by atoms with Crippen molar-refractivity contribution < 1.29 is 67.8 Å². The van der Waals surface area contributed by atoms with E-state index in [1.807, 2.05) is 0 Å². The van der Waals surface area contributed by atoms with Gasteiger partial charge in [-0.15, -0.1) is 0 Å². The zero-order chi connectivity index (χ0) is 44.5. The molecular formula is C42H76N4O14. The van der Waals surface area contributed by atoms with Crippen LogP contribution in [0.25, 0.3) is 0 Å². The van der Waals surface area contributed by atoms with E-state index in [0.717, 1.165) is 38.5 Å². The molecule has 7 N–H and O–H groups in total. The number of hydrogen-bond acceptors (Lipinski definition) is 11. The lowest BCUT2D eigenvalue weighted by atomic mass is 10.0. The number of hydrogen-bond donors (Lipinski definition) is 7. The van der Waals surface area contributed by atoms with Gasteiger partial charge in [-0.3, -0.25) is 28.8 Å². The minimum absolute atomic E-state index is 0.0293. The molecule has 1 unspecified atom stereocenters. The largest absolute Gasteiger partial charge is 0.481 e. The molecule has 0 radical (unpaired) electrons. The number of rotatable bonds is 44. The molecule has 0 aromatic rings. The number of nitrogens with one attached hydrogen (secondary N) is 4. The fraction of sp³-hybridized carbons (Fsp3) is 0.833. The highest BCUT2D eigenvalue weighted by Gasteiger charge is 2.21. The van der Waals surface area contributed by atoms with Gasteiger partial charge < -0.3 is 55.5 Å². The van der Waals surface area contributed by atoms with Crippen LogP contribution in [0.5, 0.6) is 0 Å². The SMILES string of the molecule is CC(CCCCNC(=O)COCCOCCNC(=O)COCCOCCNC(=O)CC[C@H](NC(=O)CCCCCCCCCCCCCCCCC(=O)O)C(=O)O)C(=O)O. The topological polar surface area (TPSA) is 265 Å². The molecule has 0 fully saturated rings. The molecule has 0 aliphatic carbocycles. The van der Waals surface area contributed by atoms with Crippen LogP contribution in [-0.4, -0.2) is 135 Å². The molecule has 0 aromatic carbocycles. The Morgan fingerprint density at radius 2 is 0.850 bits per heavy atom. The van der Waals surface area contributed by atoms with Crippen molar-refractivity contribution in [1.82, 2.24) is 21.3 Å². The quantitative estimate of drug-likeness (QED) is 0.0428. The Morgan fingerprint density at radius 3 is 1.32 bits per heavy atom. The summed E-state index contributed by atoms with van der Waals surface area (Å²) >= 11 is 0. The van der Waals surface area contributed by atoms with E-state index >= 15 is 0 Å². The van der Waals surface area contributed by atoms with Gasteiger partial charge in [0, 0.05) is 38.9 Å². The average Bonchev–Trinajstić information content (AvgIpc) is 3.20. The van der Waals surface area contributed by atoms with E-state index < -0.39 is 29.9 Å². The number of carboxylic acid groups (broad SMARTS) is 3. The van der Waals surface area contributed by atoms with Crippen LogP contribution in [-0.2, 0) is 52.5 Å². The van der Waals surface area contributed by atoms with Crippen LogP contribution < -0.4 is 21.3 Å². The van der Waals surface area contributed by atoms with Gasteiger partial charge in [0.05, 0.1) is 45.6 Å². The molecule has 18 heteroatoms. The highest BCUT2D eigenvalue weighted by molar-refractivity contribution is 5.84. The van der Waals surface area contributed by atoms with Crippen molar-refractivity contribution in [3.63, 3.8) is 0 Å². The third-order valence-electron chi connectivity index (χ3n) is 9.49. The first kappa shape index (κ1) is 56.1. The Labute approximate surface area is 356 Å². The lowest BCUT2D eigenvalue weighted by Crippen LogP contribution is -2.41. The van der Waals surface area contributed by atoms with Gasteiger partial charge in [0.15, 0.2) is 0 Å². The minimum Gasteiger partial charge on any atom is -0.481 e. The van der Waals surface area contributed by atoms with Gasteiger partial charge in [0.25, 0.3) is 0 Å². The van der Waals surface area contributed by atoms with Crippen LogP contribution in [0.1, 0.15) is 142 Å². The van der Waals surface area contributed by atoms with Crippen molar-refractivity contribution in [3.8, 4) is 0 Å². The predicted octanol–water partition coefficient (Wildman–Crippen LogP) is 3.97. The van der Waals surface area contributed by atoms with E-state index in [1.54, 1.807) is 6.92 Å². The van der Waals surface area contributed by atoms with Gasteiger partial charge in [-0.05, 0) is 32.1 Å². The molecule has 0 saturated carbocycles. The number of carbonyl (C=O) groups excluding carboxylic acids is 4. The lowest BCUT2D eigenvalue weighted by Gasteiger charge is -2.14. The van der Waals surface area contributed by atoms with Crippen LogP contribution in [0.4, 0.5) is 0 Å². The second kappa shape index (κ2) is 40.5. The van der Waals surface area contributed by atoms with E-state index in [-0.39, 0.29) is 115 Å². The van der Waals surface area contributed by atoms with Gasteiger partial charge in [-0.25, -0.2) is 4.79 Å². The standard InChI is InChI=1S/C42H76N4O14/c1-34(41(53)54)18-16-17-23-43-38(49)32-59-30-29-58-27-25-45-39(50)33-60-31-28-57-26-24-44-36(47)22-21-35(42(55)56)46-37(48)19-14-12-10-8-6-4-2-3-5-7-9-11-13-15-20-40(51)52/h34-35H,2-33H2,1H3,(H,43,49)(H,44,47)(H,45,50)(H,46,48)(H,51,52)(H,53,54)(H,55,56)/t34?,35-/m0/s1. The van der Waals surface area contributed by atoms with Crippen LogP contribution in [0.2, 0.25) is 0 Å². The molecule has 0 bridgehead atoms. The highest BCUT2D eigenvalue weighted by atomic mass is 16.5. The van der Waals surface area contributed by atoms with E-state index in [1.165, 1.54) is 44.9 Å². The minimum atomic E-state index is -1.19. The normalized spacial score (nSPS) is 12.0. The maximum atomic E-state index is 12.3. The zero-order valence-electron chi connectivity index (χ0n) is 36.1. The summed E-state index contributed by atoms with van der Waals surface area (Å²) in [6, 6.07) is -1.14. The fourth-order valence-corrected chi connectivity index (χ4v) is 5.89. The Kier molecular flexibility index (Phi) is 37.9. The molecule has 4 amide bonds. The highest BCUT2D eigenvalue weighted by Crippen LogP contribution is 2.14. The number of amides is 4. The fourth-order valence-electron chi connectivity index (χ4n) is 5.89. The van der Waals surface area contributed by atoms with E-state index in [0.29, 0.717) is 32.2 Å². The summed E-state index contributed by atoms with van der Waals surface area (Å²) in [4.78, 5) is 81.1. The van der Waals surface area contributed by atoms with Crippen LogP contribution >= 0.6 is 0 Å². The molecule has 0 spiro atoms. The monoisotopic (exact) mass is 861 g/mol. The molecule has 18 nitrogen and oxygen atoms in total. The van der Waals surface area contributed by atoms with Crippen molar-refractivity contribution in [2.75, 3.05) is 72.5 Å². The van der Waals surface area contributed by atoms with E-state index in [2.05, 4.69) is 21.3 Å². The first-order chi connectivity index (χ1) is 28.9. The first-order valence-corrected chi connectivity index (χ1v) is 22.0. The number of aliphatic carboxylic acids is 3. The Bertz CT molecular complexity index is 1180. The van der Waals surface area contributed by atoms with Crippen molar-refractivity contribution in [3.05, 3.63) is 0 Å². The second-order valence-corrected chi connectivity index (χ2v) is 15.0. The van der Waals surface area contributed by atoms with E-state index in [4.69, 9.17) is 29.2 Å². The van der Waals surface area contributed by atoms with Gasteiger partial charge in [-0.1, -0.05) is 90.4 Å². The van der Waals surface area contributed by atoms with Crippen molar-refractivity contribution in [2.24, 2.45) is 5.92 Å². The number of ether oxygens (including phenoxy) is 4. The molecule has 2 atom stereocenters. The summed E-state index contributed by atoms with van der Waals surface area (Å²) in [5, 5.41) is 37.5. The summed E-state index contributed by atoms with van der Waals surface area (Å²) in [7, 11) is 0. The maximum Gasteiger partial charge on any atom is 0.326 e. The third-order valence-corrected chi connectivity index (χ3v) is 9.49. The second-order valence-electron chi connectivity index (χ2n) is 15.0. The van der Waals surface area contributed by atoms with Crippen molar-refractivity contribution in [2.45, 2.75) is 148 Å². The van der Waals surface area contributed by atoms with Gasteiger partial charge in [-0.2, -0.15) is 0 Å².